The van der Waals surface area contributed by atoms with E-state index in [1.54, 1.807) is 6.92 Å². The lowest BCUT2D eigenvalue weighted by Crippen LogP contribution is -2.27. The van der Waals surface area contributed by atoms with Crippen LogP contribution in [0.3, 0.4) is 0 Å². The molecule has 1 unspecified atom stereocenters. The third-order valence-corrected chi connectivity index (χ3v) is 2.59. The van der Waals surface area contributed by atoms with Gasteiger partial charge in [0.15, 0.2) is 0 Å². The van der Waals surface area contributed by atoms with Gasteiger partial charge in [-0.3, -0.25) is 9.78 Å². The minimum absolute atomic E-state index is 0.0436. The first-order valence-corrected chi connectivity index (χ1v) is 5.37. The molecule has 0 fully saturated rings. The number of anilines is 1. The summed E-state index contributed by atoms with van der Waals surface area (Å²) in [6.07, 6.45) is 0. The van der Waals surface area contributed by atoms with Crippen LogP contribution in [0.2, 0.25) is 0 Å². The summed E-state index contributed by atoms with van der Waals surface area (Å²) < 4.78 is 5.05. The molecule has 96 valence electrons. The largest absolute Gasteiger partial charge is 0.361 e. The van der Waals surface area contributed by atoms with E-state index in [1.165, 1.54) is 0 Å². The Morgan fingerprint density at radius 1 is 1.33 bits per heavy atom. The van der Waals surface area contributed by atoms with Gasteiger partial charge in [0.05, 0.1) is 11.7 Å². The van der Waals surface area contributed by atoms with E-state index >= 15 is 0 Å². The van der Waals surface area contributed by atoms with Gasteiger partial charge in [-0.2, -0.15) is 0 Å². The number of aromatic nitrogens is 4. The van der Waals surface area contributed by atoms with Crippen molar-refractivity contribution >= 4 is 5.82 Å². The van der Waals surface area contributed by atoms with Gasteiger partial charge in [0, 0.05) is 5.56 Å². The fourth-order valence-corrected chi connectivity index (χ4v) is 1.83. The van der Waals surface area contributed by atoms with E-state index < -0.39 is 11.2 Å². The molecule has 0 aromatic carbocycles. The number of hydrogen-bond donors (Lipinski definition) is 3. The third-order valence-electron chi connectivity index (χ3n) is 2.59. The summed E-state index contributed by atoms with van der Waals surface area (Å²) in [6.45, 7) is 5.45. The van der Waals surface area contributed by atoms with E-state index in [2.05, 4.69) is 25.7 Å². The second kappa shape index (κ2) is 4.47. The van der Waals surface area contributed by atoms with E-state index in [-0.39, 0.29) is 11.9 Å². The lowest BCUT2D eigenvalue weighted by atomic mass is 10.1. The maximum absolute atomic E-state index is 11.5. The molecule has 18 heavy (non-hydrogen) atoms. The zero-order valence-electron chi connectivity index (χ0n) is 10.2. The van der Waals surface area contributed by atoms with Crippen LogP contribution in [0.1, 0.15) is 30.0 Å². The van der Waals surface area contributed by atoms with Gasteiger partial charge in [-0.1, -0.05) is 5.16 Å². The van der Waals surface area contributed by atoms with Crippen LogP contribution in [-0.4, -0.2) is 20.3 Å². The van der Waals surface area contributed by atoms with Gasteiger partial charge >= 0.3 is 5.69 Å². The van der Waals surface area contributed by atoms with Crippen molar-refractivity contribution in [1.82, 2.24) is 20.3 Å². The summed E-state index contributed by atoms with van der Waals surface area (Å²) in [4.78, 5) is 24.4. The number of nitrogens with one attached hydrogen (secondary N) is 3. The highest BCUT2D eigenvalue weighted by Gasteiger charge is 2.17. The Bertz CT molecular complexity index is 649. The molecule has 8 nitrogen and oxygen atoms in total. The molecule has 2 heterocycles. The molecule has 2 aromatic heterocycles. The molecule has 0 aliphatic heterocycles. The summed E-state index contributed by atoms with van der Waals surface area (Å²) in [5.41, 5.74) is 0.392. The lowest BCUT2D eigenvalue weighted by molar-refractivity contribution is 0.392. The van der Waals surface area contributed by atoms with Gasteiger partial charge in [0.25, 0.3) is 5.56 Å². The second-order valence-electron chi connectivity index (χ2n) is 3.96. The molecule has 3 N–H and O–H groups in total. The zero-order chi connectivity index (χ0) is 13.3. The van der Waals surface area contributed by atoms with E-state index in [0.717, 1.165) is 11.3 Å². The highest BCUT2D eigenvalue weighted by atomic mass is 16.5. The smallest absolute Gasteiger partial charge is 0.342 e. The van der Waals surface area contributed by atoms with Crippen molar-refractivity contribution in [2.45, 2.75) is 26.8 Å². The van der Waals surface area contributed by atoms with Crippen LogP contribution in [0.25, 0.3) is 0 Å². The van der Waals surface area contributed by atoms with Crippen LogP contribution in [-0.2, 0) is 0 Å². The molecule has 2 aromatic rings. The predicted octanol–water partition coefficient (Wildman–Crippen LogP) is 0.236. The van der Waals surface area contributed by atoms with E-state index in [0.29, 0.717) is 5.76 Å². The summed E-state index contributed by atoms with van der Waals surface area (Å²) in [6, 6.07) is -0.212. The molecule has 0 aliphatic rings. The van der Waals surface area contributed by atoms with Crippen molar-refractivity contribution in [1.29, 1.82) is 0 Å². The van der Waals surface area contributed by atoms with E-state index in [9.17, 15) is 9.59 Å². The van der Waals surface area contributed by atoms with Gasteiger partial charge in [0.1, 0.15) is 5.76 Å². The Hall–Kier alpha value is -2.38. The summed E-state index contributed by atoms with van der Waals surface area (Å²) >= 11 is 0. The van der Waals surface area contributed by atoms with E-state index in [4.69, 9.17) is 4.52 Å². The number of aromatic amines is 2. The first-order chi connectivity index (χ1) is 8.49. The van der Waals surface area contributed by atoms with Gasteiger partial charge in [-0.25, -0.2) is 9.89 Å². The molecule has 0 radical (unpaired) electrons. The molecule has 0 spiro atoms. The average Bonchev–Trinajstić information content (AvgIpc) is 2.62. The topological polar surface area (TPSA) is 117 Å². The number of hydrogen-bond acceptors (Lipinski definition) is 6. The lowest BCUT2D eigenvalue weighted by Gasteiger charge is -2.12. The molecule has 0 saturated carbocycles. The van der Waals surface area contributed by atoms with E-state index in [1.807, 2.05) is 13.8 Å². The van der Waals surface area contributed by atoms with Crippen molar-refractivity contribution in [2.75, 3.05) is 5.32 Å². The Kier molecular flexibility index (Phi) is 3.00. The molecular weight excluding hydrogens is 238 g/mol. The van der Waals surface area contributed by atoms with Crippen molar-refractivity contribution in [3.8, 4) is 0 Å². The SMILES string of the molecule is Cc1noc(C)c1C(C)Nc1n[nH]c(=O)[nH]c1=O. The molecule has 1 atom stereocenters. The fourth-order valence-electron chi connectivity index (χ4n) is 1.83. The zero-order valence-corrected chi connectivity index (χ0v) is 10.2. The molecule has 2 rings (SSSR count). The van der Waals surface area contributed by atoms with Crippen molar-refractivity contribution in [2.24, 2.45) is 0 Å². The Morgan fingerprint density at radius 2 is 2.06 bits per heavy atom. The quantitative estimate of drug-likeness (QED) is 0.719. The van der Waals surface area contributed by atoms with Gasteiger partial charge < -0.3 is 9.84 Å². The molecular formula is C10H13N5O3. The minimum atomic E-state index is -0.643. The predicted molar refractivity (Wildman–Crippen MR) is 63.5 cm³/mol. The molecule has 0 aliphatic carbocycles. The Morgan fingerprint density at radius 3 is 2.61 bits per heavy atom. The van der Waals surface area contributed by atoms with Crippen LogP contribution in [0.15, 0.2) is 14.1 Å². The van der Waals surface area contributed by atoms with Gasteiger partial charge in [0.2, 0.25) is 5.82 Å². The highest BCUT2D eigenvalue weighted by Crippen LogP contribution is 2.22. The van der Waals surface area contributed by atoms with Crippen LogP contribution in [0, 0.1) is 13.8 Å². The van der Waals surface area contributed by atoms with Crippen LogP contribution < -0.4 is 16.6 Å². The molecule has 0 saturated heterocycles. The fraction of sp³-hybridized carbons (Fsp3) is 0.400. The number of aryl methyl sites for hydroxylation is 2. The molecule has 8 heteroatoms. The van der Waals surface area contributed by atoms with Crippen molar-refractivity contribution in [3.05, 3.63) is 37.9 Å². The first kappa shape index (κ1) is 12.1. The summed E-state index contributed by atoms with van der Waals surface area (Å²) in [7, 11) is 0. The summed E-state index contributed by atoms with van der Waals surface area (Å²) in [5.74, 6) is 0.718. The normalized spacial score (nSPS) is 12.4. The number of rotatable bonds is 3. The van der Waals surface area contributed by atoms with Gasteiger partial charge in [-0.05, 0) is 20.8 Å². The Labute approximate surface area is 101 Å². The standard InChI is InChI=1S/C10H13N5O3/c1-4(7-5(2)15-18-6(7)3)11-8-9(16)12-10(17)14-13-8/h4H,1-3H3,(H,11,13)(H2,12,14,16,17). The number of H-pyrrole nitrogens is 2. The summed E-state index contributed by atoms with van der Waals surface area (Å²) in [5, 5.41) is 12.5. The van der Waals surface area contributed by atoms with Crippen LogP contribution in [0.5, 0.6) is 0 Å². The maximum atomic E-state index is 11.5. The monoisotopic (exact) mass is 251 g/mol. The van der Waals surface area contributed by atoms with Crippen molar-refractivity contribution in [3.63, 3.8) is 0 Å². The Balaban J connectivity index is 2.29. The third kappa shape index (κ3) is 2.17. The van der Waals surface area contributed by atoms with Crippen LogP contribution >= 0.6 is 0 Å². The second-order valence-corrected chi connectivity index (χ2v) is 3.96. The first-order valence-electron chi connectivity index (χ1n) is 5.37. The van der Waals surface area contributed by atoms with Crippen molar-refractivity contribution < 1.29 is 4.52 Å². The number of nitrogens with zero attached hydrogens (tertiary/aromatic N) is 2. The van der Waals surface area contributed by atoms with Gasteiger partial charge in [-0.15, -0.1) is 5.10 Å². The average molecular weight is 251 g/mol. The molecule has 0 amide bonds. The minimum Gasteiger partial charge on any atom is -0.361 e. The van der Waals surface area contributed by atoms with Crippen LogP contribution in [0.4, 0.5) is 5.82 Å². The maximum Gasteiger partial charge on any atom is 0.342 e. The molecule has 0 bridgehead atoms. The highest BCUT2D eigenvalue weighted by molar-refractivity contribution is 5.36.